The first-order valence-corrected chi connectivity index (χ1v) is 18.3. The number of aromatic carboxylic acids is 1. The average Bonchev–Trinajstić information content (AvgIpc) is 3.08. The summed E-state index contributed by atoms with van der Waals surface area (Å²) in [5.41, 5.74) is 3.13. The van der Waals surface area contributed by atoms with Gasteiger partial charge in [0.15, 0.2) is 0 Å². The molecule has 3 atom stereocenters. The number of carbonyl (C=O) groups excluding carboxylic acids is 2. The first kappa shape index (κ1) is 39.2. The Kier molecular flexibility index (Phi) is 12.1. The maximum absolute atomic E-state index is 13.9. The molecule has 3 unspecified atom stereocenters. The predicted molar refractivity (Wildman–Crippen MR) is 196 cm³/mol. The number of benzene rings is 2. The average molecular weight is 717 g/mol. The summed E-state index contributed by atoms with van der Waals surface area (Å²) in [7, 11) is -1.99. The Morgan fingerprint density at radius 3 is 2.02 bits per heavy atom. The van der Waals surface area contributed by atoms with Crippen molar-refractivity contribution < 1.29 is 43.1 Å². The third-order valence-corrected chi connectivity index (χ3v) is 11.4. The van der Waals surface area contributed by atoms with Crippen molar-refractivity contribution in [1.82, 2.24) is 0 Å². The number of rotatable bonds is 12. The second-order valence-corrected chi connectivity index (χ2v) is 16.5. The molecule has 0 spiro atoms. The molecular formula is C41H48O9S. The number of hydrogen-bond donors (Lipinski definition) is 2. The zero-order valence-corrected chi connectivity index (χ0v) is 31.4. The number of carboxylic acid groups (broad SMARTS) is 2. The third kappa shape index (κ3) is 9.22. The largest absolute Gasteiger partial charge is 0.478 e. The van der Waals surface area contributed by atoms with E-state index in [1.807, 2.05) is 36.4 Å². The maximum atomic E-state index is 13.9. The summed E-state index contributed by atoms with van der Waals surface area (Å²) in [6, 6.07) is 11.5. The lowest BCUT2D eigenvalue weighted by Crippen LogP contribution is -2.23. The van der Waals surface area contributed by atoms with Crippen LogP contribution in [-0.4, -0.2) is 44.9 Å². The highest BCUT2D eigenvalue weighted by molar-refractivity contribution is 7.89. The van der Waals surface area contributed by atoms with Crippen LogP contribution < -0.4 is 0 Å². The summed E-state index contributed by atoms with van der Waals surface area (Å²) in [5.74, 6) is -4.69. The van der Waals surface area contributed by atoms with Gasteiger partial charge in [-0.3, -0.25) is 0 Å². The second-order valence-electron chi connectivity index (χ2n) is 15.0. The molecule has 0 heterocycles. The predicted octanol–water partition coefficient (Wildman–Crippen LogP) is 8.32. The molecule has 2 aliphatic rings. The highest BCUT2D eigenvalue weighted by atomic mass is 32.2. The van der Waals surface area contributed by atoms with Crippen LogP contribution in [0, 0.1) is 17.3 Å². The van der Waals surface area contributed by atoms with Crippen molar-refractivity contribution in [2.45, 2.75) is 91.6 Å². The minimum atomic E-state index is -1.99. The Balaban J connectivity index is 1.53. The molecule has 0 radical (unpaired) electrons. The van der Waals surface area contributed by atoms with Crippen LogP contribution in [0.15, 0.2) is 92.8 Å². The smallest absolute Gasteiger partial charge is 0.339 e. The minimum absolute atomic E-state index is 0.000917. The standard InChI is InChI=1S/C41H48O9S/c1-9-41(7,8)28-13-10-26(11-14-28)22-49-38(46)30-16-15-29(20-32(30)37(44)45)51(48)35-21-33(31(36(42)43)19-25(35)3)39(47)50-23-27-12-17-34(24(2)18-27)40(4,5)6/h10-17,20-21,24-25H,9,18-19,22-23H2,1-8H3,(H,42,43)(H,44,45). The van der Waals surface area contributed by atoms with Gasteiger partial charge in [-0.15, -0.1) is 0 Å². The molecule has 0 aromatic heterocycles. The first-order chi connectivity index (χ1) is 23.8. The SMILES string of the molecule is CCC(C)(C)c1ccc(COC(=O)c2ccc(S(=O)C3=CC(C(=O)OCC4=CC=C(C(C)(C)C)C(C)C4)=C(C(=O)O)CC3C)cc2C(=O)O)cc1. The van der Waals surface area contributed by atoms with Gasteiger partial charge in [0.05, 0.1) is 33.1 Å². The van der Waals surface area contributed by atoms with Crippen LogP contribution in [0.2, 0.25) is 0 Å². The molecule has 0 saturated heterocycles. The third-order valence-electron chi connectivity index (χ3n) is 9.80. The van der Waals surface area contributed by atoms with Crippen molar-refractivity contribution in [3.8, 4) is 0 Å². The lowest BCUT2D eigenvalue weighted by atomic mass is 9.75. The molecule has 0 fully saturated rings. The number of allylic oxidation sites excluding steroid dienone is 4. The van der Waals surface area contributed by atoms with Crippen LogP contribution >= 0.6 is 0 Å². The van der Waals surface area contributed by atoms with E-state index in [9.17, 15) is 33.6 Å². The zero-order valence-electron chi connectivity index (χ0n) is 30.6. The Bertz CT molecular complexity index is 1870. The molecule has 2 aliphatic carbocycles. The van der Waals surface area contributed by atoms with Crippen LogP contribution in [0.1, 0.15) is 106 Å². The topological polar surface area (TPSA) is 144 Å². The summed E-state index contributed by atoms with van der Waals surface area (Å²) in [6.07, 6.45) is 6.83. The lowest BCUT2D eigenvalue weighted by Gasteiger charge is -2.31. The fourth-order valence-electron chi connectivity index (χ4n) is 6.40. The monoisotopic (exact) mass is 716 g/mol. The van der Waals surface area contributed by atoms with Crippen LogP contribution in [0.25, 0.3) is 0 Å². The van der Waals surface area contributed by atoms with Gasteiger partial charge in [0, 0.05) is 9.80 Å². The Labute approximate surface area is 302 Å². The number of aliphatic carboxylic acids is 1. The van der Waals surface area contributed by atoms with Crippen molar-refractivity contribution in [2.24, 2.45) is 17.3 Å². The van der Waals surface area contributed by atoms with E-state index in [2.05, 4.69) is 48.5 Å². The van der Waals surface area contributed by atoms with Gasteiger partial charge in [-0.25, -0.2) is 23.4 Å². The van der Waals surface area contributed by atoms with Gasteiger partial charge in [-0.05, 0) is 82.9 Å². The van der Waals surface area contributed by atoms with Crippen molar-refractivity contribution in [3.63, 3.8) is 0 Å². The van der Waals surface area contributed by atoms with Crippen molar-refractivity contribution in [3.05, 3.63) is 110 Å². The Hall–Kier alpha value is -4.57. The summed E-state index contributed by atoms with van der Waals surface area (Å²) < 4.78 is 24.9. The highest BCUT2D eigenvalue weighted by Crippen LogP contribution is 2.38. The highest BCUT2D eigenvalue weighted by Gasteiger charge is 2.33. The Morgan fingerprint density at radius 2 is 1.45 bits per heavy atom. The number of carboxylic acids is 2. The number of carbonyl (C=O) groups is 4. The van der Waals surface area contributed by atoms with Gasteiger partial charge in [0.2, 0.25) is 0 Å². The van der Waals surface area contributed by atoms with E-state index in [4.69, 9.17) is 9.47 Å². The maximum Gasteiger partial charge on any atom is 0.339 e. The molecular weight excluding hydrogens is 669 g/mol. The van der Waals surface area contributed by atoms with E-state index in [1.54, 1.807) is 6.92 Å². The molecule has 2 aromatic rings. The van der Waals surface area contributed by atoms with Crippen molar-refractivity contribution >= 4 is 34.7 Å². The van der Waals surface area contributed by atoms with E-state index in [0.29, 0.717) is 6.42 Å². The number of ether oxygens (including phenoxy) is 2. The zero-order chi connectivity index (χ0) is 37.8. The van der Waals surface area contributed by atoms with Crippen molar-refractivity contribution in [1.29, 1.82) is 0 Å². The van der Waals surface area contributed by atoms with E-state index >= 15 is 0 Å². The molecule has 0 saturated carbocycles. The number of hydrogen-bond acceptors (Lipinski definition) is 7. The van der Waals surface area contributed by atoms with Gasteiger partial charge in [-0.2, -0.15) is 0 Å². The van der Waals surface area contributed by atoms with Crippen LogP contribution in [0.5, 0.6) is 0 Å². The molecule has 2 N–H and O–H groups in total. The van der Waals surface area contributed by atoms with Gasteiger partial charge in [0.25, 0.3) is 0 Å². The van der Waals surface area contributed by atoms with E-state index in [0.717, 1.165) is 29.2 Å². The molecule has 272 valence electrons. The molecule has 0 aliphatic heterocycles. The van der Waals surface area contributed by atoms with Gasteiger partial charge >= 0.3 is 23.9 Å². The molecule has 9 nitrogen and oxygen atoms in total. The quantitative estimate of drug-likeness (QED) is 0.207. The fourth-order valence-corrected chi connectivity index (χ4v) is 7.76. The van der Waals surface area contributed by atoms with Gasteiger partial charge < -0.3 is 19.7 Å². The second kappa shape index (κ2) is 15.8. The molecule has 10 heteroatoms. The minimum Gasteiger partial charge on any atom is -0.478 e. The molecule has 4 rings (SSSR count). The van der Waals surface area contributed by atoms with Gasteiger partial charge in [0.1, 0.15) is 13.2 Å². The normalized spacial score (nSPS) is 18.6. The van der Waals surface area contributed by atoms with E-state index in [-0.39, 0.29) is 62.9 Å². The molecule has 0 bridgehead atoms. The first-order valence-electron chi connectivity index (χ1n) is 17.1. The summed E-state index contributed by atoms with van der Waals surface area (Å²) in [6.45, 7) is 16.6. The molecule has 2 aromatic carbocycles. The molecule has 51 heavy (non-hydrogen) atoms. The Morgan fingerprint density at radius 1 is 0.804 bits per heavy atom. The van der Waals surface area contributed by atoms with Crippen LogP contribution in [-0.2, 0) is 41.9 Å². The summed E-state index contributed by atoms with van der Waals surface area (Å²) in [4.78, 5) is 51.1. The lowest BCUT2D eigenvalue weighted by molar-refractivity contribution is -0.139. The fraction of sp³-hybridized carbons (Fsp3) is 0.415. The number of esters is 2. The van der Waals surface area contributed by atoms with Crippen LogP contribution in [0.3, 0.4) is 0 Å². The van der Waals surface area contributed by atoms with Crippen molar-refractivity contribution in [2.75, 3.05) is 6.61 Å². The van der Waals surface area contributed by atoms with Gasteiger partial charge in [-0.1, -0.05) is 97.4 Å². The summed E-state index contributed by atoms with van der Waals surface area (Å²) >= 11 is 0. The van der Waals surface area contributed by atoms with Crippen LogP contribution in [0.4, 0.5) is 0 Å². The molecule has 0 amide bonds. The summed E-state index contributed by atoms with van der Waals surface area (Å²) in [5, 5.41) is 19.9. The van der Waals surface area contributed by atoms with E-state index < -0.39 is 46.2 Å². The van der Waals surface area contributed by atoms with E-state index in [1.165, 1.54) is 23.8 Å².